The number of carbonyl (C=O) groups excluding carboxylic acids is 2. The molecule has 3 heterocycles. The van der Waals surface area contributed by atoms with Gasteiger partial charge in [0.25, 0.3) is 11.8 Å². The van der Waals surface area contributed by atoms with Gasteiger partial charge >= 0.3 is 0 Å². The van der Waals surface area contributed by atoms with Gasteiger partial charge in [-0.3, -0.25) is 14.6 Å². The zero-order chi connectivity index (χ0) is 19.9. The Hall–Kier alpha value is -2.96. The first-order valence-corrected chi connectivity index (χ1v) is 9.77. The van der Waals surface area contributed by atoms with Gasteiger partial charge in [-0.05, 0) is 30.7 Å². The van der Waals surface area contributed by atoms with Crippen molar-refractivity contribution in [3.63, 3.8) is 0 Å². The number of hydrogen-bond acceptors (Lipinski definition) is 5. The van der Waals surface area contributed by atoms with Gasteiger partial charge in [-0.1, -0.05) is 19.4 Å². The Morgan fingerprint density at radius 2 is 1.86 bits per heavy atom. The van der Waals surface area contributed by atoms with Crippen molar-refractivity contribution >= 4 is 17.6 Å². The molecule has 2 amide bonds. The second kappa shape index (κ2) is 9.30. The van der Waals surface area contributed by atoms with Crippen LogP contribution in [0.4, 0.5) is 5.82 Å². The van der Waals surface area contributed by atoms with Crippen molar-refractivity contribution in [3.8, 4) is 0 Å². The largest absolute Gasteiger partial charge is 0.353 e. The van der Waals surface area contributed by atoms with E-state index in [0.29, 0.717) is 30.9 Å². The predicted molar refractivity (Wildman–Crippen MR) is 108 cm³/mol. The molecule has 0 saturated carbocycles. The fourth-order valence-corrected chi connectivity index (χ4v) is 3.23. The number of carbonyl (C=O) groups is 2. The summed E-state index contributed by atoms with van der Waals surface area (Å²) in [6.07, 6.45) is 5.29. The molecule has 0 aliphatic carbocycles. The van der Waals surface area contributed by atoms with Crippen LogP contribution in [0.3, 0.4) is 0 Å². The van der Waals surface area contributed by atoms with Crippen LogP contribution in [-0.2, 0) is 0 Å². The molecule has 1 saturated heterocycles. The fraction of sp³-hybridized carbons (Fsp3) is 0.429. The number of piperazine rings is 1. The molecule has 2 aromatic rings. The molecule has 2 aromatic heterocycles. The lowest BCUT2D eigenvalue weighted by molar-refractivity contribution is 0.0746. The first-order valence-electron chi connectivity index (χ1n) is 9.77. The third kappa shape index (κ3) is 4.65. The van der Waals surface area contributed by atoms with Crippen molar-refractivity contribution in [1.29, 1.82) is 0 Å². The van der Waals surface area contributed by atoms with Gasteiger partial charge in [-0.2, -0.15) is 0 Å². The van der Waals surface area contributed by atoms with Crippen LogP contribution < -0.4 is 4.90 Å². The smallest absolute Gasteiger partial charge is 0.272 e. The van der Waals surface area contributed by atoms with E-state index in [1.54, 1.807) is 30.3 Å². The highest BCUT2D eigenvalue weighted by atomic mass is 16.2. The molecular formula is C21H27N5O2. The van der Waals surface area contributed by atoms with E-state index in [1.807, 2.05) is 23.1 Å². The molecule has 0 unspecified atom stereocenters. The molecule has 0 spiro atoms. The van der Waals surface area contributed by atoms with Gasteiger partial charge in [0.2, 0.25) is 0 Å². The minimum absolute atomic E-state index is 0.0617. The normalized spacial score (nSPS) is 14.1. The summed E-state index contributed by atoms with van der Waals surface area (Å²) in [5.74, 6) is 0.720. The summed E-state index contributed by atoms with van der Waals surface area (Å²) in [4.78, 5) is 39.6. The van der Waals surface area contributed by atoms with Crippen LogP contribution in [-0.4, -0.2) is 71.4 Å². The first kappa shape index (κ1) is 19.8. The van der Waals surface area contributed by atoms with Crippen molar-refractivity contribution in [1.82, 2.24) is 19.8 Å². The molecule has 148 valence electrons. The van der Waals surface area contributed by atoms with E-state index in [1.165, 1.54) is 6.20 Å². The summed E-state index contributed by atoms with van der Waals surface area (Å²) in [5.41, 5.74) is 0.824. The van der Waals surface area contributed by atoms with Crippen LogP contribution in [0.2, 0.25) is 0 Å². The van der Waals surface area contributed by atoms with Crippen LogP contribution in [0.5, 0.6) is 0 Å². The zero-order valence-corrected chi connectivity index (χ0v) is 16.5. The quantitative estimate of drug-likeness (QED) is 0.768. The van der Waals surface area contributed by atoms with Crippen LogP contribution in [0.1, 0.15) is 40.6 Å². The van der Waals surface area contributed by atoms with Crippen molar-refractivity contribution in [2.75, 3.05) is 44.7 Å². The lowest BCUT2D eigenvalue weighted by atomic mass is 10.1. The average Bonchev–Trinajstić information content (AvgIpc) is 2.77. The van der Waals surface area contributed by atoms with Gasteiger partial charge in [0.15, 0.2) is 0 Å². The number of nitrogens with zero attached hydrogens (tertiary/aromatic N) is 5. The molecular weight excluding hydrogens is 354 g/mol. The number of pyridine rings is 2. The molecule has 0 atom stereocenters. The lowest BCUT2D eigenvalue weighted by Crippen LogP contribution is -2.49. The van der Waals surface area contributed by atoms with Gasteiger partial charge in [-0.25, -0.2) is 4.98 Å². The van der Waals surface area contributed by atoms with Crippen LogP contribution in [0, 0.1) is 0 Å². The zero-order valence-electron chi connectivity index (χ0n) is 16.5. The number of aromatic nitrogens is 2. The maximum absolute atomic E-state index is 12.9. The molecule has 1 fully saturated rings. The fourth-order valence-electron chi connectivity index (χ4n) is 3.23. The van der Waals surface area contributed by atoms with E-state index < -0.39 is 0 Å². The maximum atomic E-state index is 12.9. The standard InChI is InChI=1S/C21H27N5O2/c1-3-4-11-24(2)21(28)18-16-17(8-10-22-18)20(27)26-14-12-25(13-15-26)19-7-5-6-9-23-19/h5-10,16H,3-4,11-15H2,1-2H3. The van der Waals surface area contributed by atoms with Gasteiger partial charge < -0.3 is 14.7 Å². The summed E-state index contributed by atoms with van der Waals surface area (Å²) in [7, 11) is 1.77. The van der Waals surface area contributed by atoms with E-state index in [4.69, 9.17) is 0 Å². The SMILES string of the molecule is CCCCN(C)C(=O)c1cc(C(=O)N2CCN(c3ccccn3)CC2)ccn1. The van der Waals surface area contributed by atoms with Crippen LogP contribution >= 0.6 is 0 Å². The molecule has 3 rings (SSSR count). The molecule has 7 heteroatoms. The van der Waals surface area contributed by atoms with Crippen LogP contribution in [0.25, 0.3) is 0 Å². The van der Waals surface area contributed by atoms with E-state index in [0.717, 1.165) is 31.7 Å². The Morgan fingerprint density at radius 1 is 1.07 bits per heavy atom. The van der Waals surface area contributed by atoms with Gasteiger partial charge in [-0.15, -0.1) is 0 Å². The topological polar surface area (TPSA) is 69.6 Å². The molecule has 0 bridgehead atoms. The number of hydrogen-bond donors (Lipinski definition) is 0. The summed E-state index contributed by atoms with van der Waals surface area (Å²) < 4.78 is 0. The molecule has 0 radical (unpaired) electrons. The summed E-state index contributed by atoms with van der Waals surface area (Å²) >= 11 is 0. The summed E-state index contributed by atoms with van der Waals surface area (Å²) in [5, 5.41) is 0. The number of unbranched alkanes of at least 4 members (excludes halogenated alkanes) is 1. The van der Waals surface area contributed by atoms with Crippen molar-refractivity contribution in [2.45, 2.75) is 19.8 Å². The minimum Gasteiger partial charge on any atom is -0.353 e. The van der Waals surface area contributed by atoms with E-state index in [2.05, 4.69) is 21.8 Å². The molecule has 0 N–H and O–H groups in total. The predicted octanol–water partition coefficient (Wildman–Crippen LogP) is 2.31. The highest BCUT2D eigenvalue weighted by Crippen LogP contribution is 2.15. The van der Waals surface area contributed by atoms with E-state index >= 15 is 0 Å². The Balaban J connectivity index is 1.63. The monoisotopic (exact) mass is 381 g/mol. The molecule has 28 heavy (non-hydrogen) atoms. The van der Waals surface area contributed by atoms with Crippen molar-refractivity contribution < 1.29 is 9.59 Å². The highest BCUT2D eigenvalue weighted by Gasteiger charge is 2.24. The minimum atomic E-state index is -0.150. The van der Waals surface area contributed by atoms with Gasteiger partial charge in [0.1, 0.15) is 11.5 Å². The molecule has 7 nitrogen and oxygen atoms in total. The van der Waals surface area contributed by atoms with E-state index in [-0.39, 0.29) is 11.8 Å². The molecule has 1 aliphatic heterocycles. The molecule has 0 aromatic carbocycles. The number of anilines is 1. The maximum Gasteiger partial charge on any atom is 0.272 e. The van der Waals surface area contributed by atoms with Gasteiger partial charge in [0, 0.05) is 57.7 Å². The first-order chi connectivity index (χ1) is 13.6. The second-order valence-corrected chi connectivity index (χ2v) is 6.98. The lowest BCUT2D eigenvalue weighted by Gasteiger charge is -2.35. The Kier molecular flexibility index (Phi) is 6.57. The Bertz CT molecular complexity index is 803. The van der Waals surface area contributed by atoms with Crippen LogP contribution in [0.15, 0.2) is 42.7 Å². The Labute approximate surface area is 166 Å². The van der Waals surface area contributed by atoms with Gasteiger partial charge in [0.05, 0.1) is 0 Å². The highest BCUT2D eigenvalue weighted by molar-refractivity contribution is 5.98. The Morgan fingerprint density at radius 3 is 2.54 bits per heavy atom. The van der Waals surface area contributed by atoms with Crippen molar-refractivity contribution in [2.24, 2.45) is 0 Å². The third-order valence-corrected chi connectivity index (χ3v) is 4.96. The third-order valence-electron chi connectivity index (χ3n) is 4.96. The van der Waals surface area contributed by atoms with Crippen molar-refractivity contribution in [3.05, 3.63) is 54.0 Å². The van der Waals surface area contributed by atoms with E-state index in [9.17, 15) is 9.59 Å². The number of rotatable bonds is 6. The molecule has 1 aliphatic rings. The number of amides is 2. The summed E-state index contributed by atoms with van der Waals surface area (Å²) in [6, 6.07) is 9.12. The average molecular weight is 381 g/mol. The second-order valence-electron chi connectivity index (χ2n) is 6.98. The summed E-state index contributed by atoms with van der Waals surface area (Å²) in [6.45, 7) is 5.49.